The van der Waals surface area contributed by atoms with Crippen molar-refractivity contribution in [3.8, 4) is 0 Å². The molecule has 0 radical (unpaired) electrons. The number of halogens is 2. The minimum absolute atomic E-state index is 0.0317. The van der Waals surface area contributed by atoms with E-state index < -0.39 is 28.5 Å². The van der Waals surface area contributed by atoms with Crippen LogP contribution in [-0.2, 0) is 26.2 Å². The van der Waals surface area contributed by atoms with Gasteiger partial charge in [-0.25, -0.2) is 8.42 Å². The Bertz CT molecular complexity index is 1380. The molecular weight excluding hydrogens is 590 g/mol. The van der Waals surface area contributed by atoms with Gasteiger partial charge in [-0.2, -0.15) is 0 Å². The van der Waals surface area contributed by atoms with E-state index in [4.69, 9.17) is 11.6 Å². The van der Waals surface area contributed by atoms with E-state index in [2.05, 4.69) is 21.2 Å². The molecule has 3 rings (SSSR count). The summed E-state index contributed by atoms with van der Waals surface area (Å²) >= 11 is 9.74. The number of hydrogen-bond donors (Lipinski definition) is 1. The number of carbonyl (C=O) groups is 2. The summed E-state index contributed by atoms with van der Waals surface area (Å²) in [5.41, 5.74) is 1.87. The monoisotopic (exact) mass is 619 g/mol. The first-order valence-corrected chi connectivity index (χ1v) is 14.7. The van der Waals surface area contributed by atoms with Crippen LogP contribution in [0.3, 0.4) is 0 Å². The van der Waals surface area contributed by atoms with Crippen molar-refractivity contribution in [1.29, 1.82) is 0 Å². The zero-order valence-electron chi connectivity index (χ0n) is 21.7. The van der Waals surface area contributed by atoms with Gasteiger partial charge in [0, 0.05) is 22.1 Å². The summed E-state index contributed by atoms with van der Waals surface area (Å²) in [6.45, 7) is 6.65. The molecule has 10 heteroatoms. The molecule has 0 bridgehead atoms. The van der Waals surface area contributed by atoms with Crippen molar-refractivity contribution in [2.45, 2.75) is 51.2 Å². The predicted molar refractivity (Wildman–Crippen MR) is 155 cm³/mol. The van der Waals surface area contributed by atoms with E-state index in [9.17, 15) is 18.0 Å². The number of nitrogens with zero attached hydrogens (tertiary/aromatic N) is 2. The number of amides is 2. The Hall–Kier alpha value is -2.88. The third kappa shape index (κ3) is 7.36. The molecule has 0 saturated carbocycles. The molecule has 7 nitrogen and oxygen atoms in total. The van der Waals surface area contributed by atoms with E-state index in [0.29, 0.717) is 16.3 Å². The maximum atomic E-state index is 13.9. The van der Waals surface area contributed by atoms with Crippen LogP contribution in [0.25, 0.3) is 0 Å². The number of hydrogen-bond acceptors (Lipinski definition) is 4. The van der Waals surface area contributed by atoms with E-state index in [-0.39, 0.29) is 23.4 Å². The van der Waals surface area contributed by atoms with Gasteiger partial charge < -0.3 is 10.2 Å². The van der Waals surface area contributed by atoms with Crippen molar-refractivity contribution in [1.82, 2.24) is 10.2 Å². The molecule has 0 aliphatic heterocycles. The first-order valence-electron chi connectivity index (χ1n) is 12.1. The Balaban J connectivity index is 2.03. The zero-order valence-corrected chi connectivity index (χ0v) is 24.8. The number of carbonyl (C=O) groups excluding carboxylic acids is 2. The highest BCUT2D eigenvalue weighted by molar-refractivity contribution is 9.10. The molecule has 0 fully saturated rings. The molecule has 0 aromatic heterocycles. The smallest absolute Gasteiger partial charge is 0.264 e. The molecular formula is C28H31BrClN3O4S. The van der Waals surface area contributed by atoms with Crippen molar-refractivity contribution in [2.24, 2.45) is 0 Å². The second kappa shape index (κ2) is 12.8. The van der Waals surface area contributed by atoms with Crippen LogP contribution in [0.4, 0.5) is 5.69 Å². The third-order valence-corrected chi connectivity index (χ3v) is 8.58. The number of rotatable bonds is 10. The average Bonchev–Trinajstić information content (AvgIpc) is 2.86. The van der Waals surface area contributed by atoms with Crippen molar-refractivity contribution in [3.63, 3.8) is 0 Å². The highest BCUT2D eigenvalue weighted by Gasteiger charge is 2.32. The maximum absolute atomic E-state index is 13.9. The van der Waals surface area contributed by atoms with Crippen LogP contribution in [0, 0.1) is 6.92 Å². The molecule has 38 heavy (non-hydrogen) atoms. The fraction of sp³-hybridized carbons (Fsp3) is 0.286. The second-order valence-corrected chi connectivity index (χ2v) is 12.4. The van der Waals surface area contributed by atoms with Gasteiger partial charge in [-0.1, -0.05) is 63.4 Å². The van der Waals surface area contributed by atoms with Gasteiger partial charge in [0.15, 0.2) is 0 Å². The molecule has 2 amide bonds. The maximum Gasteiger partial charge on any atom is 0.264 e. The quantitative estimate of drug-likeness (QED) is 0.322. The summed E-state index contributed by atoms with van der Waals surface area (Å²) in [5.74, 6) is -0.896. The molecule has 0 aliphatic carbocycles. The lowest BCUT2D eigenvalue weighted by molar-refractivity contribution is -0.139. The Labute approximate surface area is 238 Å². The molecule has 202 valence electrons. The molecule has 1 N–H and O–H groups in total. The van der Waals surface area contributed by atoms with Gasteiger partial charge in [0.05, 0.1) is 10.6 Å². The van der Waals surface area contributed by atoms with Crippen molar-refractivity contribution < 1.29 is 18.0 Å². The molecule has 0 spiro atoms. The van der Waals surface area contributed by atoms with Crippen LogP contribution >= 0.6 is 27.5 Å². The lowest BCUT2D eigenvalue weighted by Crippen LogP contribution is -2.52. The van der Waals surface area contributed by atoms with Crippen molar-refractivity contribution in [2.75, 3.05) is 10.8 Å². The van der Waals surface area contributed by atoms with Gasteiger partial charge in [-0.3, -0.25) is 13.9 Å². The van der Waals surface area contributed by atoms with Gasteiger partial charge in [-0.15, -0.1) is 0 Å². The Kier molecular flexibility index (Phi) is 9.98. The standard InChI is InChI=1S/C28H31BrClN3O4S/c1-19(2)31-28(35)21(4)32(17-22-7-5-6-8-26(22)30)27(34)18-33(24-13-11-23(29)12-14-24)38(36,37)25-15-9-20(3)10-16-25/h5-16,19,21H,17-18H2,1-4H3,(H,31,35)/t21-/m0/s1. The van der Waals surface area contributed by atoms with E-state index in [1.807, 2.05) is 20.8 Å². The molecule has 0 heterocycles. The Morgan fingerprint density at radius 1 is 0.947 bits per heavy atom. The van der Waals surface area contributed by atoms with Gasteiger partial charge in [0.25, 0.3) is 10.0 Å². The fourth-order valence-corrected chi connectivity index (χ4v) is 5.65. The Morgan fingerprint density at radius 2 is 1.55 bits per heavy atom. The summed E-state index contributed by atoms with van der Waals surface area (Å²) in [7, 11) is -4.11. The van der Waals surface area contributed by atoms with Crippen LogP contribution in [-0.4, -0.2) is 43.8 Å². The minimum atomic E-state index is -4.11. The summed E-state index contributed by atoms with van der Waals surface area (Å²) < 4.78 is 29.4. The number of aryl methyl sites for hydroxylation is 1. The van der Waals surface area contributed by atoms with E-state index in [1.165, 1.54) is 17.0 Å². The third-order valence-electron chi connectivity index (χ3n) is 5.90. The zero-order chi connectivity index (χ0) is 28.0. The lowest BCUT2D eigenvalue weighted by atomic mass is 10.1. The van der Waals surface area contributed by atoms with Gasteiger partial charge in [0.2, 0.25) is 11.8 Å². The molecule has 0 saturated heterocycles. The highest BCUT2D eigenvalue weighted by atomic mass is 79.9. The SMILES string of the molecule is Cc1ccc(S(=O)(=O)N(CC(=O)N(Cc2ccccc2Cl)[C@@H](C)C(=O)NC(C)C)c2ccc(Br)cc2)cc1. The number of benzene rings is 3. The number of anilines is 1. The summed E-state index contributed by atoms with van der Waals surface area (Å²) in [4.78, 5) is 28.2. The first kappa shape index (κ1) is 29.7. The molecule has 3 aromatic carbocycles. The molecule has 1 atom stereocenters. The Morgan fingerprint density at radius 3 is 2.13 bits per heavy atom. The van der Waals surface area contributed by atoms with E-state index in [1.54, 1.807) is 67.6 Å². The molecule has 3 aromatic rings. The van der Waals surface area contributed by atoms with Crippen LogP contribution in [0.5, 0.6) is 0 Å². The number of nitrogens with one attached hydrogen (secondary N) is 1. The van der Waals surface area contributed by atoms with E-state index >= 15 is 0 Å². The normalized spacial score (nSPS) is 12.2. The van der Waals surface area contributed by atoms with Gasteiger partial charge in [-0.05, 0) is 75.7 Å². The lowest BCUT2D eigenvalue weighted by Gasteiger charge is -2.32. The van der Waals surface area contributed by atoms with Crippen molar-refractivity contribution >= 4 is 55.1 Å². The van der Waals surface area contributed by atoms with Gasteiger partial charge in [0.1, 0.15) is 12.6 Å². The largest absolute Gasteiger partial charge is 0.352 e. The van der Waals surface area contributed by atoms with Gasteiger partial charge >= 0.3 is 0 Å². The van der Waals surface area contributed by atoms with Crippen LogP contribution in [0.2, 0.25) is 5.02 Å². The molecule has 0 aliphatic rings. The average molecular weight is 621 g/mol. The fourth-order valence-electron chi connectivity index (χ4n) is 3.77. The van der Waals surface area contributed by atoms with E-state index in [0.717, 1.165) is 14.3 Å². The summed E-state index contributed by atoms with van der Waals surface area (Å²) in [6, 6.07) is 19.1. The van der Waals surface area contributed by atoms with Crippen LogP contribution in [0.1, 0.15) is 31.9 Å². The summed E-state index contributed by atoms with van der Waals surface area (Å²) in [6.07, 6.45) is 0. The topological polar surface area (TPSA) is 86.8 Å². The second-order valence-electron chi connectivity index (χ2n) is 9.25. The number of sulfonamides is 1. The van der Waals surface area contributed by atoms with Crippen LogP contribution in [0.15, 0.2) is 82.2 Å². The van der Waals surface area contributed by atoms with Crippen molar-refractivity contribution in [3.05, 3.63) is 93.4 Å². The molecule has 0 unspecified atom stereocenters. The summed E-state index contributed by atoms with van der Waals surface area (Å²) in [5, 5.41) is 3.27. The van der Waals surface area contributed by atoms with Crippen LogP contribution < -0.4 is 9.62 Å². The minimum Gasteiger partial charge on any atom is -0.352 e. The predicted octanol–water partition coefficient (Wildman–Crippen LogP) is 5.55. The first-order chi connectivity index (χ1) is 17.9. The highest BCUT2D eigenvalue weighted by Crippen LogP contribution is 2.27.